The van der Waals surface area contributed by atoms with Crippen molar-refractivity contribution in [2.45, 2.75) is 38.3 Å². The summed E-state index contributed by atoms with van der Waals surface area (Å²) in [5.41, 5.74) is 3.86. The van der Waals surface area contributed by atoms with Crippen LogP contribution in [0.1, 0.15) is 32.2 Å². The Labute approximate surface area is 157 Å². The Bertz CT molecular complexity index is 994. The van der Waals surface area contributed by atoms with E-state index in [2.05, 4.69) is 32.0 Å². The molecule has 2 aromatic heterocycles. The minimum absolute atomic E-state index is 0.0614. The molecule has 1 saturated heterocycles. The van der Waals surface area contributed by atoms with E-state index in [1.54, 1.807) is 6.20 Å². The number of carbonyl (C=O) groups is 1. The molecule has 1 aromatic carbocycles. The maximum Gasteiger partial charge on any atom is 0.220 e. The second-order valence-corrected chi connectivity index (χ2v) is 7.53. The fourth-order valence-corrected chi connectivity index (χ4v) is 3.79. The van der Waals surface area contributed by atoms with Gasteiger partial charge in [0.15, 0.2) is 0 Å². The average molecular weight is 362 g/mol. The van der Waals surface area contributed by atoms with Crippen molar-refractivity contribution in [3.8, 4) is 17.0 Å². The van der Waals surface area contributed by atoms with E-state index in [0.29, 0.717) is 19.0 Å². The normalized spacial score (nSPS) is 20.6. The molecule has 0 spiro atoms. The van der Waals surface area contributed by atoms with E-state index >= 15 is 0 Å². The van der Waals surface area contributed by atoms with Crippen LogP contribution >= 0.6 is 0 Å². The SMILES string of the molecule is CC(Oc1cc(-c2ccccn2)cc2ncn(C3CC3)c12)[C@H]1CNC(=O)C1. The maximum absolute atomic E-state index is 11.6. The summed E-state index contributed by atoms with van der Waals surface area (Å²) < 4.78 is 8.65. The van der Waals surface area contributed by atoms with Gasteiger partial charge in [-0.05, 0) is 44.0 Å². The molecule has 6 nitrogen and oxygen atoms in total. The minimum Gasteiger partial charge on any atom is -0.488 e. The third-order valence-corrected chi connectivity index (χ3v) is 5.52. The number of hydrogen-bond acceptors (Lipinski definition) is 4. The Kier molecular flexibility index (Phi) is 3.85. The number of aromatic nitrogens is 3. The number of hydrogen-bond donors (Lipinski definition) is 1. The number of nitrogens with zero attached hydrogens (tertiary/aromatic N) is 3. The molecule has 1 unspecified atom stereocenters. The van der Waals surface area contributed by atoms with Gasteiger partial charge in [0.25, 0.3) is 0 Å². The molecular formula is C21H22N4O2. The van der Waals surface area contributed by atoms with Crippen molar-refractivity contribution < 1.29 is 9.53 Å². The van der Waals surface area contributed by atoms with Crippen LogP contribution in [0.25, 0.3) is 22.3 Å². The molecule has 1 saturated carbocycles. The lowest BCUT2D eigenvalue weighted by Crippen LogP contribution is -2.25. The number of imidazole rings is 1. The van der Waals surface area contributed by atoms with Crippen LogP contribution in [-0.4, -0.2) is 33.1 Å². The summed E-state index contributed by atoms with van der Waals surface area (Å²) in [5, 5.41) is 2.90. The molecule has 0 radical (unpaired) electrons. The third-order valence-electron chi connectivity index (χ3n) is 5.52. The highest BCUT2D eigenvalue weighted by Crippen LogP contribution is 2.41. The summed E-state index contributed by atoms with van der Waals surface area (Å²) in [5.74, 6) is 1.11. The van der Waals surface area contributed by atoms with Crippen LogP contribution in [-0.2, 0) is 4.79 Å². The zero-order valence-electron chi connectivity index (χ0n) is 15.3. The summed E-state index contributed by atoms with van der Waals surface area (Å²) in [4.78, 5) is 20.7. The lowest BCUT2D eigenvalue weighted by atomic mass is 10.0. The first kappa shape index (κ1) is 16.3. The molecule has 5 rings (SSSR count). The Morgan fingerprint density at radius 1 is 1.26 bits per heavy atom. The predicted octanol–water partition coefficient (Wildman–Crippen LogP) is 3.34. The number of amides is 1. The van der Waals surface area contributed by atoms with E-state index in [4.69, 9.17) is 4.74 Å². The molecule has 0 bridgehead atoms. The van der Waals surface area contributed by atoms with E-state index < -0.39 is 0 Å². The van der Waals surface area contributed by atoms with Crippen LogP contribution in [0.15, 0.2) is 42.9 Å². The lowest BCUT2D eigenvalue weighted by molar-refractivity contribution is -0.119. The zero-order chi connectivity index (χ0) is 18.4. The molecule has 3 aromatic rings. The van der Waals surface area contributed by atoms with Crippen LogP contribution < -0.4 is 10.1 Å². The van der Waals surface area contributed by atoms with Gasteiger partial charge in [-0.1, -0.05) is 6.07 Å². The quantitative estimate of drug-likeness (QED) is 0.756. The van der Waals surface area contributed by atoms with Crippen molar-refractivity contribution in [1.29, 1.82) is 0 Å². The van der Waals surface area contributed by atoms with E-state index in [1.165, 1.54) is 12.8 Å². The van der Waals surface area contributed by atoms with E-state index in [0.717, 1.165) is 28.0 Å². The van der Waals surface area contributed by atoms with Gasteiger partial charge in [0.1, 0.15) is 17.4 Å². The van der Waals surface area contributed by atoms with Gasteiger partial charge in [0, 0.05) is 36.7 Å². The van der Waals surface area contributed by atoms with Crippen molar-refractivity contribution in [3.05, 3.63) is 42.9 Å². The molecule has 1 aliphatic heterocycles. The Hall–Kier alpha value is -2.89. The number of carbonyl (C=O) groups excluding carboxylic acids is 1. The summed E-state index contributed by atoms with van der Waals surface area (Å²) in [6, 6.07) is 10.5. The van der Waals surface area contributed by atoms with Gasteiger partial charge in [-0.3, -0.25) is 9.78 Å². The Balaban J connectivity index is 1.57. The van der Waals surface area contributed by atoms with Gasteiger partial charge in [-0.25, -0.2) is 4.98 Å². The fourth-order valence-electron chi connectivity index (χ4n) is 3.79. The van der Waals surface area contributed by atoms with Gasteiger partial charge in [-0.2, -0.15) is 0 Å². The summed E-state index contributed by atoms with van der Waals surface area (Å²) in [6.07, 6.45) is 6.54. The molecule has 3 heterocycles. The van der Waals surface area contributed by atoms with Crippen LogP contribution in [0.3, 0.4) is 0 Å². The van der Waals surface area contributed by atoms with Gasteiger partial charge in [0.05, 0.1) is 17.5 Å². The molecule has 2 atom stereocenters. The summed E-state index contributed by atoms with van der Waals surface area (Å²) >= 11 is 0. The largest absolute Gasteiger partial charge is 0.488 e. The molecule has 1 N–H and O–H groups in total. The Morgan fingerprint density at radius 3 is 2.85 bits per heavy atom. The first-order chi connectivity index (χ1) is 13.2. The number of rotatable bonds is 5. The minimum atomic E-state index is -0.0614. The smallest absolute Gasteiger partial charge is 0.220 e. The van der Waals surface area contributed by atoms with Gasteiger partial charge in [-0.15, -0.1) is 0 Å². The van der Waals surface area contributed by atoms with Crippen molar-refractivity contribution >= 4 is 16.9 Å². The van der Waals surface area contributed by atoms with Crippen molar-refractivity contribution in [2.24, 2.45) is 5.92 Å². The van der Waals surface area contributed by atoms with E-state index in [1.807, 2.05) is 31.5 Å². The second kappa shape index (κ2) is 6.37. The van der Waals surface area contributed by atoms with E-state index in [-0.39, 0.29) is 17.9 Å². The van der Waals surface area contributed by atoms with Crippen molar-refractivity contribution in [1.82, 2.24) is 19.9 Å². The van der Waals surface area contributed by atoms with Crippen molar-refractivity contribution in [3.63, 3.8) is 0 Å². The molecule has 2 aliphatic rings. The van der Waals surface area contributed by atoms with Crippen LogP contribution in [0.4, 0.5) is 0 Å². The third kappa shape index (κ3) is 3.05. The van der Waals surface area contributed by atoms with Gasteiger partial charge < -0.3 is 14.6 Å². The highest BCUT2D eigenvalue weighted by Gasteiger charge is 2.30. The lowest BCUT2D eigenvalue weighted by Gasteiger charge is -2.21. The number of fused-ring (bicyclic) bond motifs is 1. The fraction of sp³-hybridized carbons (Fsp3) is 0.381. The average Bonchev–Trinajstić information content (AvgIpc) is 3.28. The zero-order valence-corrected chi connectivity index (χ0v) is 15.3. The van der Waals surface area contributed by atoms with Crippen LogP contribution in [0, 0.1) is 5.92 Å². The molecule has 1 amide bonds. The highest BCUT2D eigenvalue weighted by molar-refractivity contribution is 5.87. The first-order valence-corrected chi connectivity index (χ1v) is 9.54. The Morgan fingerprint density at radius 2 is 2.15 bits per heavy atom. The highest BCUT2D eigenvalue weighted by atomic mass is 16.5. The molecular weight excluding hydrogens is 340 g/mol. The summed E-state index contributed by atoms with van der Waals surface area (Å²) in [6.45, 7) is 2.72. The van der Waals surface area contributed by atoms with Crippen LogP contribution in [0.5, 0.6) is 5.75 Å². The number of benzene rings is 1. The second-order valence-electron chi connectivity index (χ2n) is 7.53. The molecule has 27 heavy (non-hydrogen) atoms. The van der Waals surface area contributed by atoms with Crippen LogP contribution in [0.2, 0.25) is 0 Å². The van der Waals surface area contributed by atoms with Gasteiger partial charge >= 0.3 is 0 Å². The first-order valence-electron chi connectivity index (χ1n) is 9.54. The van der Waals surface area contributed by atoms with Gasteiger partial charge in [0.2, 0.25) is 5.91 Å². The number of pyridine rings is 1. The topological polar surface area (TPSA) is 69.0 Å². The van der Waals surface area contributed by atoms with Crippen molar-refractivity contribution in [2.75, 3.05) is 6.54 Å². The number of nitrogens with one attached hydrogen (secondary N) is 1. The summed E-state index contributed by atoms with van der Waals surface area (Å²) in [7, 11) is 0. The monoisotopic (exact) mass is 362 g/mol. The standard InChI is InChI=1S/C21H22N4O2/c1-13(15-10-20(26)23-11-15)27-19-9-14(17-4-2-3-7-22-17)8-18-21(19)25(12-24-18)16-5-6-16/h2-4,7-9,12-13,15-16H,5-6,10-11H2,1H3,(H,23,26)/t13?,15-/m1/s1. The molecule has 2 fully saturated rings. The molecule has 1 aliphatic carbocycles. The van der Waals surface area contributed by atoms with E-state index in [9.17, 15) is 4.79 Å². The maximum atomic E-state index is 11.6. The predicted molar refractivity (Wildman–Crippen MR) is 102 cm³/mol. The molecule has 138 valence electrons. The molecule has 6 heteroatoms. The number of ether oxygens (including phenoxy) is 1.